The monoisotopic (exact) mass is 318 g/mol. The summed E-state index contributed by atoms with van der Waals surface area (Å²) in [5.74, 6) is -2.66. The van der Waals surface area contributed by atoms with Gasteiger partial charge < -0.3 is 10.2 Å². The molecule has 0 radical (unpaired) electrons. The molecule has 0 atom stereocenters. The fraction of sp³-hybridized carbons (Fsp3) is 0.176. The van der Waals surface area contributed by atoms with E-state index in [2.05, 4.69) is 5.32 Å². The van der Waals surface area contributed by atoms with Crippen molar-refractivity contribution in [1.82, 2.24) is 0 Å². The van der Waals surface area contributed by atoms with E-state index in [0.717, 1.165) is 12.1 Å². The summed E-state index contributed by atoms with van der Waals surface area (Å²) in [5, 5.41) is 2.70. The first kappa shape index (κ1) is 16.6. The molecule has 0 spiro atoms. The predicted octanol–water partition coefficient (Wildman–Crippen LogP) is 3.35. The minimum Gasteiger partial charge on any atom is -0.326 e. The van der Waals surface area contributed by atoms with Gasteiger partial charge in [0.25, 0.3) is 0 Å². The molecule has 2 aromatic carbocycles. The summed E-state index contributed by atoms with van der Waals surface area (Å²) in [6.07, 6.45) is 0.0352. The SMILES string of the molecule is CC(=O)N(CCC(=O)Nc1ccccc1)c1ccc(F)c(F)c1. The summed E-state index contributed by atoms with van der Waals surface area (Å²) in [6.45, 7) is 1.37. The van der Waals surface area contributed by atoms with Crippen LogP contribution in [0, 0.1) is 11.6 Å². The molecule has 0 bridgehead atoms. The Morgan fingerprint density at radius 2 is 1.74 bits per heavy atom. The van der Waals surface area contributed by atoms with Crippen LogP contribution in [0.25, 0.3) is 0 Å². The van der Waals surface area contributed by atoms with E-state index < -0.39 is 11.6 Å². The average molecular weight is 318 g/mol. The number of halogens is 2. The Balaban J connectivity index is 2.01. The number of benzene rings is 2. The number of nitrogens with zero attached hydrogens (tertiary/aromatic N) is 1. The highest BCUT2D eigenvalue weighted by molar-refractivity contribution is 5.94. The summed E-state index contributed by atoms with van der Waals surface area (Å²) in [6, 6.07) is 12.1. The summed E-state index contributed by atoms with van der Waals surface area (Å²) >= 11 is 0. The molecule has 2 aromatic rings. The van der Waals surface area contributed by atoms with Crippen LogP contribution in [0.15, 0.2) is 48.5 Å². The van der Waals surface area contributed by atoms with E-state index in [-0.39, 0.29) is 30.5 Å². The van der Waals surface area contributed by atoms with Crippen LogP contribution in [0.4, 0.5) is 20.2 Å². The van der Waals surface area contributed by atoms with E-state index in [1.165, 1.54) is 17.9 Å². The fourth-order valence-corrected chi connectivity index (χ4v) is 2.08. The Morgan fingerprint density at radius 1 is 1.04 bits per heavy atom. The Morgan fingerprint density at radius 3 is 2.35 bits per heavy atom. The molecule has 2 rings (SSSR count). The van der Waals surface area contributed by atoms with Gasteiger partial charge in [0.1, 0.15) is 0 Å². The molecule has 0 saturated carbocycles. The van der Waals surface area contributed by atoms with Crippen molar-refractivity contribution in [1.29, 1.82) is 0 Å². The molecule has 120 valence electrons. The standard InChI is InChI=1S/C17H16F2N2O2/c1-12(22)21(14-7-8-15(18)16(19)11-14)10-9-17(23)20-13-5-3-2-4-6-13/h2-8,11H,9-10H2,1H3,(H,20,23). The smallest absolute Gasteiger partial charge is 0.226 e. The fourth-order valence-electron chi connectivity index (χ4n) is 2.08. The van der Waals surface area contributed by atoms with Crippen LogP contribution in [0.2, 0.25) is 0 Å². The van der Waals surface area contributed by atoms with Crippen LogP contribution >= 0.6 is 0 Å². The number of carbonyl (C=O) groups is 2. The van der Waals surface area contributed by atoms with Gasteiger partial charge in [0.15, 0.2) is 11.6 Å². The number of carbonyl (C=O) groups excluding carboxylic acids is 2. The number of hydrogen-bond acceptors (Lipinski definition) is 2. The van der Waals surface area contributed by atoms with Crippen molar-refractivity contribution in [2.24, 2.45) is 0 Å². The van der Waals surface area contributed by atoms with Crippen molar-refractivity contribution in [3.63, 3.8) is 0 Å². The van der Waals surface area contributed by atoms with Gasteiger partial charge in [-0.15, -0.1) is 0 Å². The normalized spacial score (nSPS) is 10.2. The zero-order valence-electron chi connectivity index (χ0n) is 12.6. The van der Waals surface area contributed by atoms with Crippen LogP contribution < -0.4 is 10.2 Å². The molecule has 0 aliphatic carbocycles. The van der Waals surface area contributed by atoms with Crippen molar-refractivity contribution in [3.8, 4) is 0 Å². The Labute approximate surface area is 132 Å². The topological polar surface area (TPSA) is 49.4 Å². The first-order chi connectivity index (χ1) is 11.0. The Hall–Kier alpha value is -2.76. The van der Waals surface area contributed by atoms with Crippen molar-refractivity contribution in [2.45, 2.75) is 13.3 Å². The van der Waals surface area contributed by atoms with E-state index in [0.29, 0.717) is 5.69 Å². The zero-order valence-corrected chi connectivity index (χ0v) is 12.6. The molecule has 1 N–H and O–H groups in total. The minimum atomic E-state index is -1.04. The molecule has 0 aliphatic heterocycles. The van der Waals surface area contributed by atoms with Gasteiger partial charge in [0.2, 0.25) is 11.8 Å². The first-order valence-corrected chi connectivity index (χ1v) is 7.05. The van der Waals surface area contributed by atoms with Crippen molar-refractivity contribution in [2.75, 3.05) is 16.8 Å². The van der Waals surface area contributed by atoms with Gasteiger partial charge in [-0.2, -0.15) is 0 Å². The van der Waals surface area contributed by atoms with Crippen LogP contribution in [0.5, 0.6) is 0 Å². The molecule has 4 nitrogen and oxygen atoms in total. The summed E-state index contributed by atoms with van der Waals surface area (Å²) in [4.78, 5) is 24.8. The maximum Gasteiger partial charge on any atom is 0.226 e. The van der Waals surface area contributed by atoms with E-state index in [4.69, 9.17) is 0 Å². The van der Waals surface area contributed by atoms with E-state index in [1.54, 1.807) is 24.3 Å². The molecule has 23 heavy (non-hydrogen) atoms. The number of rotatable bonds is 5. The van der Waals surface area contributed by atoms with Crippen molar-refractivity contribution in [3.05, 3.63) is 60.2 Å². The summed E-state index contributed by atoms with van der Waals surface area (Å²) < 4.78 is 26.3. The maximum atomic E-state index is 13.3. The number of hydrogen-bond donors (Lipinski definition) is 1. The van der Waals surface area contributed by atoms with Gasteiger partial charge in [-0.3, -0.25) is 9.59 Å². The van der Waals surface area contributed by atoms with Crippen LogP contribution in [-0.4, -0.2) is 18.4 Å². The number of para-hydroxylation sites is 1. The minimum absolute atomic E-state index is 0.0352. The van der Waals surface area contributed by atoms with Gasteiger partial charge >= 0.3 is 0 Å². The third-order valence-corrected chi connectivity index (χ3v) is 3.21. The van der Waals surface area contributed by atoms with Gasteiger partial charge in [0, 0.05) is 37.3 Å². The highest BCUT2D eigenvalue weighted by Crippen LogP contribution is 2.18. The lowest BCUT2D eigenvalue weighted by atomic mass is 10.2. The van der Waals surface area contributed by atoms with E-state index in [1.807, 2.05) is 6.07 Å². The second-order valence-corrected chi connectivity index (χ2v) is 4.93. The third kappa shape index (κ3) is 4.60. The maximum absolute atomic E-state index is 13.3. The molecule has 0 unspecified atom stereocenters. The van der Waals surface area contributed by atoms with E-state index in [9.17, 15) is 18.4 Å². The highest BCUT2D eigenvalue weighted by Gasteiger charge is 2.15. The molecule has 2 amide bonds. The Kier molecular flexibility index (Phi) is 5.41. The molecular weight excluding hydrogens is 302 g/mol. The number of amides is 2. The van der Waals surface area contributed by atoms with Crippen LogP contribution in [-0.2, 0) is 9.59 Å². The van der Waals surface area contributed by atoms with Crippen LogP contribution in [0.1, 0.15) is 13.3 Å². The summed E-state index contributed by atoms with van der Waals surface area (Å²) in [7, 11) is 0. The quantitative estimate of drug-likeness (QED) is 0.919. The zero-order chi connectivity index (χ0) is 16.8. The molecular formula is C17H16F2N2O2. The average Bonchev–Trinajstić information content (AvgIpc) is 2.51. The highest BCUT2D eigenvalue weighted by atomic mass is 19.2. The molecule has 0 heterocycles. The van der Waals surface area contributed by atoms with Crippen molar-refractivity contribution < 1.29 is 18.4 Å². The largest absolute Gasteiger partial charge is 0.326 e. The van der Waals surface area contributed by atoms with Gasteiger partial charge in [0.05, 0.1) is 0 Å². The third-order valence-electron chi connectivity index (χ3n) is 3.21. The Bertz CT molecular complexity index is 705. The number of nitrogens with one attached hydrogen (secondary N) is 1. The molecule has 0 fully saturated rings. The second kappa shape index (κ2) is 7.49. The number of anilines is 2. The van der Waals surface area contributed by atoms with Gasteiger partial charge in [-0.05, 0) is 24.3 Å². The molecule has 0 aliphatic rings. The molecule has 0 aromatic heterocycles. The molecule has 6 heteroatoms. The first-order valence-electron chi connectivity index (χ1n) is 7.05. The van der Waals surface area contributed by atoms with Crippen molar-refractivity contribution >= 4 is 23.2 Å². The van der Waals surface area contributed by atoms with Crippen LogP contribution in [0.3, 0.4) is 0 Å². The van der Waals surface area contributed by atoms with E-state index >= 15 is 0 Å². The lowest BCUT2D eigenvalue weighted by molar-refractivity contribution is -0.117. The van der Waals surface area contributed by atoms with Gasteiger partial charge in [-0.25, -0.2) is 8.78 Å². The second-order valence-electron chi connectivity index (χ2n) is 4.93. The summed E-state index contributed by atoms with van der Waals surface area (Å²) in [5.41, 5.74) is 0.864. The predicted molar refractivity (Wildman–Crippen MR) is 84.1 cm³/mol. The lowest BCUT2D eigenvalue weighted by Crippen LogP contribution is -2.32. The van der Waals surface area contributed by atoms with Gasteiger partial charge in [-0.1, -0.05) is 18.2 Å². The lowest BCUT2D eigenvalue weighted by Gasteiger charge is -2.21. The molecule has 0 saturated heterocycles.